The van der Waals surface area contributed by atoms with Crippen molar-refractivity contribution in [2.24, 2.45) is 0 Å². The summed E-state index contributed by atoms with van der Waals surface area (Å²) in [5, 5.41) is 3.00. The smallest absolute Gasteiger partial charge is 0.317 e. The number of hydrogen-bond acceptors (Lipinski definition) is 3. The Bertz CT molecular complexity index is 466. The number of fused-ring (bicyclic) bond motifs is 2. The monoisotopic (exact) mass is 289 g/mol. The maximum absolute atomic E-state index is 12.2. The maximum Gasteiger partial charge on any atom is 0.317 e. The molecule has 5 nitrogen and oxygen atoms in total. The van der Waals surface area contributed by atoms with Gasteiger partial charge in [0, 0.05) is 37.7 Å². The molecule has 1 N–H and O–H groups in total. The molecule has 3 heterocycles. The number of carbonyl (C=O) groups excluding carboxylic acids is 1. The lowest BCUT2D eigenvalue weighted by atomic mass is 10.00. The van der Waals surface area contributed by atoms with E-state index in [9.17, 15) is 4.79 Å². The second-order valence-corrected chi connectivity index (χ2v) is 5.92. The van der Waals surface area contributed by atoms with Gasteiger partial charge in [-0.15, -0.1) is 0 Å². The van der Waals surface area contributed by atoms with Crippen LogP contribution < -0.4 is 10.1 Å². The van der Waals surface area contributed by atoms with Crippen LogP contribution >= 0.6 is 0 Å². The molecule has 0 radical (unpaired) electrons. The number of nitrogens with zero attached hydrogens (tertiary/aromatic N) is 2. The lowest BCUT2D eigenvalue weighted by Crippen LogP contribution is -2.52. The van der Waals surface area contributed by atoms with Gasteiger partial charge in [0.25, 0.3) is 0 Å². The number of pyridine rings is 1. The fraction of sp³-hybridized carbons (Fsp3) is 0.625. The molecule has 2 saturated heterocycles. The Balaban J connectivity index is 1.60. The van der Waals surface area contributed by atoms with Crippen molar-refractivity contribution in [3.63, 3.8) is 0 Å². The summed E-state index contributed by atoms with van der Waals surface area (Å²) in [4.78, 5) is 18.4. The second-order valence-electron chi connectivity index (χ2n) is 5.92. The molecule has 2 atom stereocenters. The molecule has 5 heteroatoms. The summed E-state index contributed by atoms with van der Waals surface area (Å²) in [5.74, 6) is 0.825. The summed E-state index contributed by atoms with van der Waals surface area (Å²) in [6, 6.07) is 4.57. The summed E-state index contributed by atoms with van der Waals surface area (Å²) < 4.78 is 6.02. The third-order valence-corrected chi connectivity index (χ3v) is 4.39. The summed E-state index contributed by atoms with van der Waals surface area (Å²) in [6.45, 7) is 2.83. The Morgan fingerprint density at radius 2 is 2.19 bits per heavy atom. The van der Waals surface area contributed by atoms with Gasteiger partial charge in [-0.2, -0.15) is 0 Å². The molecule has 1 aromatic rings. The van der Waals surface area contributed by atoms with Gasteiger partial charge in [0.1, 0.15) is 11.9 Å². The van der Waals surface area contributed by atoms with E-state index in [2.05, 4.69) is 22.1 Å². The van der Waals surface area contributed by atoms with Gasteiger partial charge in [-0.3, -0.25) is 4.98 Å². The van der Waals surface area contributed by atoms with E-state index in [0.717, 1.165) is 44.4 Å². The molecule has 2 fully saturated rings. The molecule has 1 aromatic heterocycles. The number of amides is 2. The Labute approximate surface area is 125 Å². The van der Waals surface area contributed by atoms with Gasteiger partial charge in [0.2, 0.25) is 0 Å². The fourth-order valence-electron chi connectivity index (χ4n) is 3.49. The highest BCUT2D eigenvalue weighted by molar-refractivity contribution is 5.75. The topological polar surface area (TPSA) is 54.5 Å². The molecule has 0 saturated carbocycles. The standard InChI is InChI=1S/C16H23N3O2/c1-2-7-18-16(20)19-12-5-6-13(19)10-15(9-12)21-14-4-3-8-17-11-14/h3-4,8,11-13,15H,2,5-7,9-10H2,1H3,(H,18,20). The molecule has 2 aliphatic heterocycles. The number of aromatic nitrogens is 1. The zero-order valence-electron chi connectivity index (χ0n) is 12.5. The van der Waals surface area contributed by atoms with Crippen molar-refractivity contribution in [1.29, 1.82) is 0 Å². The summed E-state index contributed by atoms with van der Waals surface area (Å²) in [5.41, 5.74) is 0. The van der Waals surface area contributed by atoms with Gasteiger partial charge in [-0.1, -0.05) is 6.92 Å². The number of urea groups is 1. The zero-order valence-corrected chi connectivity index (χ0v) is 12.5. The summed E-state index contributed by atoms with van der Waals surface area (Å²) in [6.07, 6.45) is 8.70. The lowest BCUT2D eigenvalue weighted by Gasteiger charge is -2.38. The Morgan fingerprint density at radius 3 is 2.81 bits per heavy atom. The van der Waals surface area contributed by atoms with Gasteiger partial charge in [-0.05, 0) is 31.4 Å². The van der Waals surface area contributed by atoms with Crippen LogP contribution in [0.3, 0.4) is 0 Å². The predicted octanol–water partition coefficient (Wildman–Crippen LogP) is 2.58. The molecule has 2 amide bonds. The summed E-state index contributed by atoms with van der Waals surface area (Å²) in [7, 11) is 0. The quantitative estimate of drug-likeness (QED) is 0.927. The van der Waals surface area contributed by atoms with Crippen LogP contribution in [-0.4, -0.2) is 40.6 Å². The first kappa shape index (κ1) is 14.2. The zero-order chi connectivity index (χ0) is 14.7. The number of hydrogen-bond donors (Lipinski definition) is 1. The van der Waals surface area contributed by atoms with E-state index >= 15 is 0 Å². The lowest BCUT2D eigenvalue weighted by molar-refractivity contribution is 0.0686. The van der Waals surface area contributed by atoms with Gasteiger partial charge in [-0.25, -0.2) is 4.79 Å². The van der Waals surface area contributed by atoms with Crippen molar-refractivity contribution in [2.45, 2.75) is 57.2 Å². The van der Waals surface area contributed by atoms with Crippen molar-refractivity contribution >= 4 is 6.03 Å². The molecule has 2 bridgehead atoms. The van der Waals surface area contributed by atoms with Crippen molar-refractivity contribution in [1.82, 2.24) is 15.2 Å². The van der Waals surface area contributed by atoms with E-state index < -0.39 is 0 Å². The molecule has 2 unspecified atom stereocenters. The predicted molar refractivity (Wildman–Crippen MR) is 80.2 cm³/mol. The number of piperidine rings is 1. The van der Waals surface area contributed by atoms with E-state index in [1.54, 1.807) is 12.4 Å². The van der Waals surface area contributed by atoms with E-state index in [1.807, 2.05) is 12.1 Å². The number of rotatable bonds is 4. The molecule has 0 aromatic carbocycles. The summed E-state index contributed by atoms with van der Waals surface area (Å²) >= 11 is 0. The third-order valence-electron chi connectivity index (χ3n) is 4.39. The SMILES string of the molecule is CCCNC(=O)N1C2CCC1CC(Oc1cccnc1)C2. The average Bonchev–Trinajstić information content (AvgIpc) is 2.77. The first-order valence-corrected chi connectivity index (χ1v) is 7.90. The molecule has 0 spiro atoms. The van der Waals surface area contributed by atoms with E-state index in [1.165, 1.54) is 0 Å². The molecule has 3 rings (SSSR count). The normalized spacial score (nSPS) is 27.5. The van der Waals surface area contributed by atoms with E-state index in [0.29, 0.717) is 12.1 Å². The molecule has 21 heavy (non-hydrogen) atoms. The van der Waals surface area contributed by atoms with Crippen molar-refractivity contribution in [2.75, 3.05) is 6.54 Å². The highest BCUT2D eigenvalue weighted by Gasteiger charge is 2.43. The van der Waals surface area contributed by atoms with Crippen LogP contribution in [0.25, 0.3) is 0 Å². The van der Waals surface area contributed by atoms with Gasteiger partial charge in [0.15, 0.2) is 0 Å². The van der Waals surface area contributed by atoms with Crippen molar-refractivity contribution in [3.8, 4) is 5.75 Å². The minimum Gasteiger partial charge on any atom is -0.489 e. The molecular formula is C16H23N3O2. The van der Waals surface area contributed by atoms with Gasteiger partial charge < -0.3 is 15.0 Å². The molecule has 2 aliphatic rings. The minimum atomic E-state index is 0.101. The van der Waals surface area contributed by atoms with E-state index in [-0.39, 0.29) is 12.1 Å². The van der Waals surface area contributed by atoms with Gasteiger partial charge in [0.05, 0.1) is 6.20 Å². The van der Waals surface area contributed by atoms with Crippen molar-refractivity contribution < 1.29 is 9.53 Å². The van der Waals surface area contributed by atoms with Gasteiger partial charge >= 0.3 is 6.03 Å². The van der Waals surface area contributed by atoms with Crippen LogP contribution in [0.5, 0.6) is 5.75 Å². The fourth-order valence-corrected chi connectivity index (χ4v) is 3.49. The average molecular weight is 289 g/mol. The maximum atomic E-state index is 12.2. The molecule has 114 valence electrons. The minimum absolute atomic E-state index is 0.101. The van der Waals surface area contributed by atoms with E-state index in [4.69, 9.17) is 4.74 Å². The van der Waals surface area contributed by atoms with Crippen LogP contribution in [0.15, 0.2) is 24.5 Å². The van der Waals surface area contributed by atoms with Crippen LogP contribution in [0.4, 0.5) is 4.79 Å². The molecular weight excluding hydrogens is 266 g/mol. The second kappa shape index (κ2) is 6.33. The Hall–Kier alpha value is -1.78. The first-order valence-electron chi connectivity index (χ1n) is 7.90. The molecule has 0 aliphatic carbocycles. The Kier molecular flexibility index (Phi) is 4.27. The highest BCUT2D eigenvalue weighted by Crippen LogP contribution is 2.37. The van der Waals surface area contributed by atoms with Crippen molar-refractivity contribution in [3.05, 3.63) is 24.5 Å². The highest BCUT2D eigenvalue weighted by atomic mass is 16.5. The van der Waals surface area contributed by atoms with Crippen LogP contribution in [0.2, 0.25) is 0 Å². The first-order chi connectivity index (χ1) is 10.3. The Morgan fingerprint density at radius 1 is 1.43 bits per heavy atom. The number of nitrogens with one attached hydrogen (secondary N) is 1. The number of ether oxygens (including phenoxy) is 1. The van der Waals surface area contributed by atoms with Crippen LogP contribution in [0, 0.1) is 0 Å². The largest absolute Gasteiger partial charge is 0.489 e. The number of carbonyl (C=O) groups is 1. The van der Waals surface area contributed by atoms with Crippen LogP contribution in [-0.2, 0) is 0 Å². The third kappa shape index (κ3) is 3.12. The van der Waals surface area contributed by atoms with Crippen LogP contribution in [0.1, 0.15) is 39.0 Å².